The second-order valence-electron chi connectivity index (χ2n) is 10.1. The lowest BCUT2D eigenvalue weighted by atomic mass is 9.92. The van der Waals surface area contributed by atoms with Crippen LogP contribution < -0.4 is 25.4 Å². The van der Waals surface area contributed by atoms with Crippen molar-refractivity contribution in [1.29, 1.82) is 0 Å². The first kappa shape index (κ1) is 28.9. The van der Waals surface area contributed by atoms with Crippen molar-refractivity contribution in [3.63, 3.8) is 0 Å². The van der Waals surface area contributed by atoms with E-state index >= 15 is 0 Å². The van der Waals surface area contributed by atoms with Gasteiger partial charge >= 0.3 is 12.1 Å². The number of aromatic nitrogens is 3. The molecular formula is C29H31FN6O5. The summed E-state index contributed by atoms with van der Waals surface area (Å²) in [4.78, 5) is 27.6. The molecule has 0 saturated heterocycles. The number of benzene rings is 2. The first-order valence-electron chi connectivity index (χ1n) is 12.8. The Labute approximate surface area is 236 Å². The third-order valence-electron chi connectivity index (χ3n) is 5.74. The van der Waals surface area contributed by atoms with Crippen LogP contribution in [0.3, 0.4) is 0 Å². The minimum atomic E-state index is -1.12. The lowest BCUT2D eigenvalue weighted by Crippen LogP contribution is -2.26. The smallest absolute Gasteiger partial charge is 0.404 e. The van der Waals surface area contributed by atoms with Gasteiger partial charge in [-0.1, -0.05) is 20.8 Å². The van der Waals surface area contributed by atoms with E-state index in [1.165, 1.54) is 12.1 Å². The zero-order valence-corrected chi connectivity index (χ0v) is 23.1. The van der Waals surface area contributed by atoms with Gasteiger partial charge in [-0.05, 0) is 49.4 Å². The van der Waals surface area contributed by atoms with Crippen LogP contribution in [-0.4, -0.2) is 45.1 Å². The molecule has 0 saturated carbocycles. The van der Waals surface area contributed by atoms with E-state index in [9.17, 15) is 14.0 Å². The van der Waals surface area contributed by atoms with Gasteiger partial charge in [0.25, 0.3) is 0 Å². The van der Waals surface area contributed by atoms with Gasteiger partial charge in [0, 0.05) is 35.5 Å². The normalized spacial score (nSPS) is 11.0. The first-order valence-corrected chi connectivity index (χ1v) is 12.8. The maximum absolute atomic E-state index is 14.8. The summed E-state index contributed by atoms with van der Waals surface area (Å²) in [5.41, 5.74) is 1.80. The SMILES string of the molecule is Cc1cc(Oc2ccc(NC(=O)Nc3cc(C(C)(C)C)nn3-c3ccc(OCCNC(=O)O)cc3)c(F)c2)ccn1. The van der Waals surface area contributed by atoms with Crippen molar-refractivity contribution in [2.45, 2.75) is 33.1 Å². The van der Waals surface area contributed by atoms with Gasteiger partial charge in [-0.15, -0.1) is 0 Å². The molecule has 0 unspecified atom stereocenters. The highest BCUT2D eigenvalue weighted by molar-refractivity contribution is 5.99. The number of hydrogen-bond acceptors (Lipinski definition) is 6. The molecule has 0 aliphatic rings. The van der Waals surface area contributed by atoms with Crippen LogP contribution in [0.1, 0.15) is 32.2 Å². The summed E-state index contributed by atoms with van der Waals surface area (Å²) in [7, 11) is 0. The molecule has 0 aliphatic carbocycles. The Morgan fingerprint density at radius 2 is 1.68 bits per heavy atom. The van der Waals surface area contributed by atoms with Crippen molar-refractivity contribution >= 4 is 23.6 Å². The minimum absolute atomic E-state index is 0.0261. The molecule has 41 heavy (non-hydrogen) atoms. The van der Waals surface area contributed by atoms with E-state index in [4.69, 9.17) is 14.6 Å². The fourth-order valence-corrected chi connectivity index (χ4v) is 3.69. The molecule has 0 spiro atoms. The molecular weight excluding hydrogens is 531 g/mol. The van der Waals surface area contributed by atoms with Crippen LogP contribution in [0.25, 0.3) is 5.69 Å². The zero-order valence-electron chi connectivity index (χ0n) is 23.1. The summed E-state index contributed by atoms with van der Waals surface area (Å²) in [6, 6.07) is 15.6. The van der Waals surface area contributed by atoms with Gasteiger partial charge in [-0.3, -0.25) is 10.3 Å². The van der Waals surface area contributed by atoms with E-state index in [1.807, 2.05) is 27.7 Å². The molecule has 12 heteroatoms. The van der Waals surface area contributed by atoms with Crippen molar-refractivity contribution in [2.24, 2.45) is 0 Å². The molecule has 3 amide bonds. The number of carbonyl (C=O) groups excluding carboxylic acids is 1. The number of ether oxygens (including phenoxy) is 2. The molecule has 0 radical (unpaired) electrons. The quantitative estimate of drug-likeness (QED) is 0.181. The van der Waals surface area contributed by atoms with Gasteiger partial charge in [-0.25, -0.2) is 18.7 Å². The lowest BCUT2D eigenvalue weighted by molar-refractivity contribution is 0.191. The number of amides is 3. The standard InChI is InChI=1S/C29H31FN6O5/c1-18-15-22(11-12-31-18)41-21-9-10-24(23(30)16-21)33-27(37)34-26-17-25(29(2,3)4)35-36(26)19-5-7-20(8-6-19)40-14-13-32-28(38)39/h5-12,15-17,32H,13-14H2,1-4H3,(H,38,39)(H2,33,34,37). The third kappa shape index (κ3) is 7.94. The molecule has 0 atom stereocenters. The van der Waals surface area contributed by atoms with E-state index in [0.717, 1.165) is 11.4 Å². The van der Waals surface area contributed by atoms with Crippen molar-refractivity contribution in [3.8, 4) is 22.9 Å². The molecule has 214 valence electrons. The van der Waals surface area contributed by atoms with Crippen LogP contribution in [0.4, 0.5) is 25.5 Å². The number of halogens is 1. The Morgan fingerprint density at radius 3 is 2.34 bits per heavy atom. The zero-order chi connectivity index (χ0) is 29.6. The highest BCUT2D eigenvalue weighted by Gasteiger charge is 2.22. The van der Waals surface area contributed by atoms with Crippen molar-refractivity contribution in [2.75, 3.05) is 23.8 Å². The Kier molecular flexibility index (Phi) is 8.71. The maximum Gasteiger partial charge on any atom is 0.404 e. The van der Waals surface area contributed by atoms with E-state index in [-0.39, 0.29) is 30.0 Å². The monoisotopic (exact) mass is 562 g/mol. The summed E-state index contributed by atoms with van der Waals surface area (Å²) in [5.74, 6) is 1.05. The summed E-state index contributed by atoms with van der Waals surface area (Å²) in [6.07, 6.45) is 0.480. The molecule has 4 rings (SSSR count). The Balaban J connectivity index is 1.46. The van der Waals surface area contributed by atoms with E-state index in [1.54, 1.807) is 59.4 Å². The van der Waals surface area contributed by atoms with E-state index < -0.39 is 17.9 Å². The highest BCUT2D eigenvalue weighted by Crippen LogP contribution is 2.28. The van der Waals surface area contributed by atoms with Gasteiger partial charge in [-0.2, -0.15) is 5.10 Å². The molecule has 0 aliphatic heterocycles. The molecule has 4 N–H and O–H groups in total. The minimum Gasteiger partial charge on any atom is -0.492 e. The fourth-order valence-electron chi connectivity index (χ4n) is 3.69. The molecule has 0 bridgehead atoms. The Morgan fingerprint density at radius 1 is 0.976 bits per heavy atom. The average molecular weight is 563 g/mol. The third-order valence-corrected chi connectivity index (χ3v) is 5.74. The largest absolute Gasteiger partial charge is 0.492 e. The Hall–Kier alpha value is -5.13. The van der Waals surface area contributed by atoms with Crippen LogP contribution in [0, 0.1) is 12.7 Å². The predicted octanol–water partition coefficient (Wildman–Crippen LogP) is 6.10. The first-order chi connectivity index (χ1) is 19.5. The molecule has 2 aromatic heterocycles. The number of hydrogen-bond donors (Lipinski definition) is 4. The maximum atomic E-state index is 14.8. The average Bonchev–Trinajstić information content (AvgIpc) is 3.33. The van der Waals surface area contributed by atoms with Gasteiger partial charge in [0.15, 0.2) is 0 Å². The topological polar surface area (TPSA) is 140 Å². The van der Waals surface area contributed by atoms with Gasteiger partial charge < -0.3 is 25.2 Å². The van der Waals surface area contributed by atoms with Gasteiger partial charge in [0.1, 0.15) is 35.5 Å². The number of urea groups is 1. The van der Waals surface area contributed by atoms with Crippen molar-refractivity contribution in [3.05, 3.63) is 84.1 Å². The highest BCUT2D eigenvalue weighted by atomic mass is 19.1. The van der Waals surface area contributed by atoms with Crippen molar-refractivity contribution in [1.82, 2.24) is 20.1 Å². The van der Waals surface area contributed by atoms with E-state index in [0.29, 0.717) is 23.0 Å². The number of aryl methyl sites for hydroxylation is 1. The van der Waals surface area contributed by atoms with Gasteiger partial charge in [0.2, 0.25) is 0 Å². The number of pyridine rings is 1. The number of carbonyl (C=O) groups is 2. The van der Waals surface area contributed by atoms with Gasteiger partial charge in [0.05, 0.1) is 23.6 Å². The van der Waals surface area contributed by atoms with Crippen molar-refractivity contribution < 1.29 is 28.6 Å². The fraction of sp³-hybridized carbons (Fsp3) is 0.241. The number of nitrogens with zero attached hydrogens (tertiary/aromatic N) is 3. The number of rotatable bonds is 9. The summed E-state index contributed by atoms with van der Waals surface area (Å²) in [5, 5.41) is 20.8. The summed E-state index contributed by atoms with van der Waals surface area (Å²) >= 11 is 0. The molecule has 2 heterocycles. The molecule has 2 aromatic carbocycles. The van der Waals surface area contributed by atoms with Crippen LogP contribution in [0.15, 0.2) is 66.9 Å². The Bertz CT molecular complexity index is 1530. The summed E-state index contributed by atoms with van der Waals surface area (Å²) < 4.78 is 27.6. The number of anilines is 2. The second-order valence-corrected chi connectivity index (χ2v) is 10.1. The summed E-state index contributed by atoms with van der Waals surface area (Å²) in [6.45, 7) is 8.13. The van der Waals surface area contributed by atoms with E-state index in [2.05, 4.69) is 26.0 Å². The number of carboxylic acid groups (broad SMARTS) is 1. The molecule has 4 aromatic rings. The molecule has 11 nitrogen and oxygen atoms in total. The molecule has 0 fully saturated rings. The lowest BCUT2D eigenvalue weighted by Gasteiger charge is -2.14. The second kappa shape index (κ2) is 12.4. The van der Waals surface area contributed by atoms with Crippen LogP contribution in [0.2, 0.25) is 0 Å². The van der Waals surface area contributed by atoms with Crippen LogP contribution in [-0.2, 0) is 5.41 Å². The predicted molar refractivity (Wildman–Crippen MR) is 152 cm³/mol. The number of nitrogens with one attached hydrogen (secondary N) is 3. The van der Waals surface area contributed by atoms with Crippen LogP contribution >= 0.6 is 0 Å². The van der Waals surface area contributed by atoms with Crippen LogP contribution in [0.5, 0.6) is 17.2 Å².